The Morgan fingerprint density at radius 2 is 2.39 bits per heavy atom. The van der Waals surface area contributed by atoms with Gasteiger partial charge in [-0.2, -0.15) is 0 Å². The zero-order valence-electron chi connectivity index (χ0n) is 13.7. The van der Waals surface area contributed by atoms with Gasteiger partial charge in [0.2, 0.25) is 0 Å². The maximum Gasteiger partial charge on any atom is 0.321 e. The summed E-state index contributed by atoms with van der Waals surface area (Å²) < 4.78 is 7.31. The number of nitrogens with zero attached hydrogens (tertiary/aromatic N) is 4. The minimum atomic E-state index is -0.111. The highest BCUT2D eigenvalue weighted by atomic mass is 16.5. The molecule has 1 N–H and O–H groups in total. The first-order valence-electron chi connectivity index (χ1n) is 8.06. The number of aromatic nitrogens is 3. The molecule has 3 rings (SSSR count). The molecule has 2 heterocycles. The largest absolute Gasteiger partial charge is 0.378 e. The van der Waals surface area contributed by atoms with Gasteiger partial charge in [-0.15, -0.1) is 5.10 Å². The normalized spacial score (nSPS) is 17.6. The van der Waals surface area contributed by atoms with E-state index in [2.05, 4.69) is 15.6 Å². The topological polar surface area (TPSA) is 72.3 Å². The number of hydrogen-bond donors (Lipinski definition) is 1. The number of amides is 2. The van der Waals surface area contributed by atoms with Gasteiger partial charge in [-0.1, -0.05) is 5.21 Å². The summed E-state index contributed by atoms with van der Waals surface area (Å²) in [4.78, 5) is 13.9. The van der Waals surface area contributed by atoms with Crippen molar-refractivity contribution in [2.45, 2.75) is 31.8 Å². The fourth-order valence-corrected chi connectivity index (χ4v) is 2.87. The second-order valence-electron chi connectivity index (χ2n) is 6.05. The van der Waals surface area contributed by atoms with E-state index in [0.29, 0.717) is 6.10 Å². The molecule has 1 aliphatic rings. The van der Waals surface area contributed by atoms with Crippen molar-refractivity contribution in [3.63, 3.8) is 0 Å². The van der Waals surface area contributed by atoms with E-state index in [-0.39, 0.29) is 6.03 Å². The molecular weight excluding hydrogens is 294 g/mol. The molecule has 23 heavy (non-hydrogen) atoms. The van der Waals surface area contributed by atoms with Crippen LogP contribution in [0.3, 0.4) is 0 Å². The number of anilines is 1. The van der Waals surface area contributed by atoms with Gasteiger partial charge in [0.15, 0.2) is 0 Å². The number of rotatable bonds is 5. The molecule has 1 aromatic carbocycles. The van der Waals surface area contributed by atoms with Crippen LogP contribution in [-0.2, 0) is 11.8 Å². The van der Waals surface area contributed by atoms with Gasteiger partial charge in [0.25, 0.3) is 0 Å². The molecule has 0 aliphatic carbocycles. The summed E-state index contributed by atoms with van der Waals surface area (Å²) in [5.41, 5.74) is 2.44. The van der Waals surface area contributed by atoms with E-state index in [9.17, 15) is 4.79 Å². The Morgan fingerprint density at radius 3 is 3.17 bits per heavy atom. The third kappa shape index (κ3) is 3.79. The second kappa shape index (κ2) is 6.95. The van der Waals surface area contributed by atoms with Crippen molar-refractivity contribution in [1.82, 2.24) is 19.9 Å². The fraction of sp³-hybridized carbons (Fsp3) is 0.562. The van der Waals surface area contributed by atoms with Crippen LogP contribution in [0, 0.1) is 0 Å². The summed E-state index contributed by atoms with van der Waals surface area (Å²) in [5.74, 6) is 0. The molecule has 2 amide bonds. The first-order valence-corrected chi connectivity index (χ1v) is 8.06. The quantitative estimate of drug-likeness (QED) is 0.919. The molecule has 124 valence electrons. The SMILES string of the molecule is CN(CCC[C@H]1CCCO1)C(=O)Nc1ccc2c(c1)nnn2C. The number of fused-ring (bicyclic) bond motifs is 1. The van der Waals surface area contributed by atoms with Crippen molar-refractivity contribution in [2.75, 3.05) is 25.5 Å². The monoisotopic (exact) mass is 317 g/mol. The van der Waals surface area contributed by atoms with Crippen molar-refractivity contribution in [3.8, 4) is 0 Å². The molecule has 0 saturated carbocycles. The molecule has 1 aromatic heterocycles. The van der Waals surface area contributed by atoms with Gasteiger partial charge in [-0.05, 0) is 43.9 Å². The zero-order valence-corrected chi connectivity index (χ0v) is 13.7. The van der Waals surface area contributed by atoms with Crippen molar-refractivity contribution in [2.24, 2.45) is 7.05 Å². The Hall–Kier alpha value is -2.15. The van der Waals surface area contributed by atoms with Crippen LogP contribution in [0.15, 0.2) is 18.2 Å². The number of hydrogen-bond acceptors (Lipinski definition) is 4. The Balaban J connectivity index is 1.50. The van der Waals surface area contributed by atoms with Crippen LogP contribution < -0.4 is 5.32 Å². The van der Waals surface area contributed by atoms with Crippen LogP contribution in [0.4, 0.5) is 10.5 Å². The van der Waals surface area contributed by atoms with Crippen LogP contribution in [0.5, 0.6) is 0 Å². The number of carbonyl (C=O) groups excluding carboxylic acids is 1. The van der Waals surface area contributed by atoms with Crippen molar-refractivity contribution >= 4 is 22.8 Å². The molecule has 1 fully saturated rings. The minimum absolute atomic E-state index is 0.111. The van der Waals surface area contributed by atoms with Gasteiger partial charge < -0.3 is 15.0 Å². The molecule has 7 heteroatoms. The standard InChI is InChI=1S/C16H23N5O2/c1-20(9-3-5-13-6-4-10-23-13)16(22)17-12-7-8-15-14(11-12)18-19-21(15)2/h7-8,11,13H,3-6,9-10H2,1-2H3,(H,17,22)/t13-/m0/s1. The summed E-state index contributed by atoms with van der Waals surface area (Å²) in [6.07, 6.45) is 4.66. The summed E-state index contributed by atoms with van der Waals surface area (Å²) >= 11 is 0. The maximum atomic E-state index is 12.2. The van der Waals surface area contributed by atoms with Crippen LogP contribution in [0.1, 0.15) is 25.7 Å². The number of carbonyl (C=O) groups is 1. The smallest absolute Gasteiger partial charge is 0.321 e. The van der Waals surface area contributed by atoms with Gasteiger partial charge >= 0.3 is 6.03 Å². The van der Waals surface area contributed by atoms with Gasteiger partial charge in [-0.3, -0.25) is 0 Å². The molecule has 0 spiro atoms. The minimum Gasteiger partial charge on any atom is -0.378 e. The third-order valence-electron chi connectivity index (χ3n) is 4.25. The van der Waals surface area contributed by atoms with E-state index in [1.54, 1.807) is 9.58 Å². The summed E-state index contributed by atoms with van der Waals surface area (Å²) in [5, 5.41) is 10.9. The molecule has 7 nitrogen and oxygen atoms in total. The van der Waals surface area contributed by atoms with E-state index < -0.39 is 0 Å². The van der Waals surface area contributed by atoms with Gasteiger partial charge in [0.1, 0.15) is 5.52 Å². The highest BCUT2D eigenvalue weighted by molar-refractivity contribution is 5.91. The lowest BCUT2D eigenvalue weighted by molar-refractivity contribution is 0.101. The van der Waals surface area contributed by atoms with Crippen LogP contribution in [-0.4, -0.2) is 52.2 Å². The summed E-state index contributed by atoms with van der Waals surface area (Å²) in [7, 11) is 3.65. The Labute approximate surface area is 135 Å². The van der Waals surface area contributed by atoms with Crippen molar-refractivity contribution in [1.29, 1.82) is 0 Å². The maximum absolute atomic E-state index is 12.2. The van der Waals surface area contributed by atoms with E-state index in [1.807, 2.05) is 32.3 Å². The van der Waals surface area contributed by atoms with Gasteiger partial charge in [0.05, 0.1) is 11.6 Å². The number of benzene rings is 1. The van der Waals surface area contributed by atoms with E-state index in [4.69, 9.17) is 4.74 Å². The molecule has 0 bridgehead atoms. The Bertz CT molecular complexity index is 678. The average Bonchev–Trinajstić information content (AvgIpc) is 3.17. The lowest BCUT2D eigenvalue weighted by Crippen LogP contribution is -2.32. The predicted molar refractivity (Wildman–Crippen MR) is 88.4 cm³/mol. The Kier molecular flexibility index (Phi) is 4.76. The Morgan fingerprint density at radius 1 is 1.52 bits per heavy atom. The molecule has 0 unspecified atom stereocenters. The van der Waals surface area contributed by atoms with Crippen LogP contribution in [0.25, 0.3) is 11.0 Å². The molecular formula is C16H23N5O2. The number of urea groups is 1. The highest BCUT2D eigenvalue weighted by Crippen LogP contribution is 2.18. The van der Waals surface area contributed by atoms with Crippen molar-refractivity contribution < 1.29 is 9.53 Å². The third-order valence-corrected chi connectivity index (χ3v) is 4.25. The molecule has 1 aliphatic heterocycles. The second-order valence-corrected chi connectivity index (χ2v) is 6.05. The highest BCUT2D eigenvalue weighted by Gasteiger charge is 2.16. The van der Waals surface area contributed by atoms with Gasteiger partial charge in [0, 0.05) is 32.9 Å². The van der Waals surface area contributed by atoms with Gasteiger partial charge in [-0.25, -0.2) is 9.48 Å². The molecule has 1 saturated heterocycles. The number of ether oxygens (including phenoxy) is 1. The fourth-order valence-electron chi connectivity index (χ4n) is 2.87. The summed E-state index contributed by atoms with van der Waals surface area (Å²) in [6, 6.07) is 5.49. The average molecular weight is 317 g/mol. The lowest BCUT2D eigenvalue weighted by Gasteiger charge is -2.19. The molecule has 1 atom stereocenters. The number of aryl methyl sites for hydroxylation is 1. The van der Waals surface area contributed by atoms with E-state index >= 15 is 0 Å². The lowest BCUT2D eigenvalue weighted by atomic mass is 10.1. The zero-order chi connectivity index (χ0) is 16.2. The first-order chi connectivity index (χ1) is 11.1. The van der Waals surface area contributed by atoms with Crippen LogP contribution in [0.2, 0.25) is 0 Å². The van der Waals surface area contributed by atoms with Crippen LogP contribution >= 0.6 is 0 Å². The number of nitrogens with one attached hydrogen (secondary N) is 1. The first kappa shape index (κ1) is 15.7. The summed E-state index contributed by atoms with van der Waals surface area (Å²) in [6.45, 7) is 1.60. The predicted octanol–water partition coefficient (Wildman–Crippen LogP) is 2.39. The van der Waals surface area contributed by atoms with E-state index in [1.165, 1.54) is 0 Å². The molecule has 2 aromatic rings. The van der Waals surface area contributed by atoms with E-state index in [0.717, 1.165) is 55.6 Å². The van der Waals surface area contributed by atoms with Crippen molar-refractivity contribution in [3.05, 3.63) is 18.2 Å². The molecule has 0 radical (unpaired) electrons.